The van der Waals surface area contributed by atoms with Crippen LogP contribution in [0.4, 0.5) is 0 Å². The fourth-order valence-corrected chi connectivity index (χ4v) is 1.10. The molecule has 0 atom stereocenters. The summed E-state index contributed by atoms with van der Waals surface area (Å²) in [5.41, 5.74) is 1.83. The third kappa shape index (κ3) is 2.39. The number of hydrogen-bond donors (Lipinski definition) is 0. The van der Waals surface area contributed by atoms with E-state index in [0.29, 0.717) is 17.7 Å². The Morgan fingerprint density at radius 2 is 2.31 bits per heavy atom. The Kier molecular flexibility index (Phi) is 3.18. The highest BCUT2D eigenvalue weighted by Gasteiger charge is 1.99. The van der Waals surface area contributed by atoms with Crippen LogP contribution >= 0.6 is 0 Å². The summed E-state index contributed by atoms with van der Waals surface area (Å²) in [6.45, 7) is 0.413. The van der Waals surface area contributed by atoms with Crippen LogP contribution < -0.4 is 0 Å². The van der Waals surface area contributed by atoms with E-state index in [1.54, 1.807) is 25.3 Å². The summed E-state index contributed by atoms with van der Waals surface area (Å²) >= 11 is 0. The predicted molar refractivity (Wildman–Crippen MR) is 47.3 cm³/mol. The third-order valence-electron chi connectivity index (χ3n) is 1.59. The summed E-state index contributed by atoms with van der Waals surface area (Å²) in [7, 11) is 1.57. The molecule has 1 aromatic carbocycles. The molecule has 1 aromatic rings. The number of rotatable bonds is 3. The largest absolute Gasteiger partial charge is 0.380 e. The zero-order valence-corrected chi connectivity index (χ0v) is 7.28. The van der Waals surface area contributed by atoms with Crippen molar-refractivity contribution in [2.24, 2.45) is 0 Å². The number of ether oxygens (including phenoxy) is 1. The van der Waals surface area contributed by atoms with Crippen molar-refractivity contribution in [1.82, 2.24) is 0 Å². The van der Waals surface area contributed by atoms with Crippen LogP contribution in [0.1, 0.15) is 21.5 Å². The van der Waals surface area contributed by atoms with Gasteiger partial charge in [-0.05, 0) is 23.8 Å². The summed E-state index contributed by atoms with van der Waals surface area (Å²) in [6, 6.07) is 6.94. The first kappa shape index (κ1) is 9.43. The van der Waals surface area contributed by atoms with Gasteiger partial charge in [0.1, 0.15) is 6.29 Å². The molecule has 0 saturated heterocycles. The number of carbonyl (C=O) groups excluding carboxylic acids is 1. The minimum atomic E-state index is 0.413. The van der Waals surface area contributed by atoms with Crippen LogP contribution in [0.3, 0.4) is 0 Å². The van der Waals surface area contributed by atoms with Gasteiger partial charge in [-0.2, -0.15) is 5.26 Å². The van der Waals surface area contributed by atoms with Crippen molar-refractivity contribution in [3.05, 3.63) is 34.9 Å². The third-order valence-corrected chi connectivity index (χ3v) is 1.59. The van der Waals surface area contributed by atoms with Gasteiger partial charge in [-0.3, -0.25) is 4.79 Å². The Bertz CT molecular complexity index is 352. The Labute approximate surface area is 76.6 Å². The number of benzene rings is 1. The lowest BCUT2D eigenvalue weighted by molar-refractivity contribution is 0.112. The maximum atomic E-state index is 10.5. The van der Waals surface area contributed by atoms with Gasteiger partial charge >= 0.3 is 0 Å². The molecule has 66 valence electrons. The molecule has 0 aliphatic carbocycles. The van der Waals surface area contributed by atoms with Gasteiger partial charge in [-0.25, -0.2) is 0 Å². The number of methoxy groups -OCH3 is 1. The fraction of sp³-hybridized carbons (Fsp3) is 0.200. The first-order valence-electron chi connectivity index (χ1n) is 3.78. The summed E-state index contributed by atoms with van der Waals surface area (Å²) in [6.07, 6.45) is 0.722. The van der Waals surface area contributed by atoms with E-state index >= 15 is 0 Å². The number of nitriles is 1. The SMILES string of the molecule is COCc1cc(C#N)cc(C=O)c1. The van der Waals surface area contributed by atoms with E-state index in [1.165, 1.54) is 0 Å². The van der Waals surface area contributed by atoms with Crippen molar-refractivity contribution in [1.29, 1.82) is 5.26 Å². The normalized spacial score (nSPS) is 9.23. The average molecular weight is 175 g/mol. The molecule has 0 aromatic heterocycles. The second-order valence-electron chi connectivity index (χ2n) is 2.63. The molecule has 0 radical (unpaired) electrons. The van der Waals surface area contributed by atoms with Crippen molar-refractivity contribution in [3.63, 3.8) is 0 Å². The maximum absolute atomic E-state index is 10.5. The average Bonchev–Trinajstić information content (AvgIpc) is 2.17. The Hall–Kier alpha value is -1.66. The topological polar surface area (TPSA) is 50.1 Å². The molecule has 0 saturated carbocycles. The summed E-state index contributed by atoms with van der Waals surface area (Å²) in [4.78, 5) is 10.5. The second-order valence-corrected chi connectivity index (χ2v) is 2.63. The molecule has 0 aliphatic rings. The summed E-state index contributed by atoms with van der Waals surface area (Å²) in [5.74, 6) is 0. The predicted octanol–water partition coefficient (Wildman–Crippen LogP) is 1.52. The van der Waals surface area contributed by atoms with Crippen molar-refractivity contribution >= 4 is 6.29 Å². The lowest BCUT2D eigenvalue weighted by Gasteiger charge is -2.00. The number of nitrogens with zero attached hydrogens (tertiary/aromatic N) is 1. The van der Waals surface area contributed by atoms with Crippen LogP contribution in [-0.4, -0.2) is 13.4 Å². The lowest BCUT2D eigenvalue weighted by Crippen LogP contribution is -1.91. The van der Waals surface area contributed by atoms with Gasteiger partial charge in [-0.1, -0.05) is 0 Å². The smallest absolute Gasteiger partial charge is 0.150 e. The highest BCUT2D eigenvalue weighted by atomic mass is 16.5. The minimum Gasteiger partial charge on any atom is -0.380 e. The van der Waals surface area contributed by atoms with Crippen molar-refractivity contribution < 1.29 is 9.53 Å². The molecule has 3 heteroatoms. The van der Waals surface area contributed by atoms with Crippen LogP contribution in [0, 0.1) is 11.3 Å². The highest BCUT2D eigenvalue weighted by molar-refractivity contribution is 5.76. The van der Waals surface area contributed by atoms with Crippen molar-refractivity contribution in [2.45, 2.75) is 6.61 Å². The van der Waals surface area contributed by atoms with Crippen LogP contribution in [-0.2, 0) is 11.3 Å². The van der Waals surface area contributed by atoms with Crippen LogP contribution in [0.25, 0.3) is 0 Å². The number of aldehydes is 1. The molecule has 13 heavy (non-hydrogen) atoms. The van der Waals surface area contributed by atoms with E-state index in [-0.39, 0.29) is 0 Å². The molecule has 0 aliphatic heterocycles. The van der Waals surface area contributed by atoms with Crippen LogP contribution in [0.5, 0.6) is 0 Å². The van der Waals surface area contributed by atoms with Gasteiger partial charge in [0.15, 0.2) is 0 Å². The summed E-state index contributed by atoms with van der Waals surface area (Å²) in [5, 5.41) is 8.64. The van der Waals surface area contributed by atoms with E-state index in [0.717, 1.165) is 11.8 Å². The number of hydrogen-bond acceptors (Lipinski definition) is 3. The first-order valence-corrected chi connectivity index (χ1v) is 3.78. The zero-order chi connectivity index (χ0) is 9.68. The fourth-order valence-electron chi connectivity index (χ4n) is 1.10. The van der Waals surface area contributed by atoms with Gasteiger partial charge in [-0.15, -0.1) is 0 Å². The van der Waals surface area contributed by atoms with Crippen molar-refractivity contribution in [2.75, 3.05) is 7.11 Å². The molecule has 3 nitrogen and oxygen atoms in total. The Morgan fingerprint density at radius 3 is 2.85 bits per heavy atom. The van der Waals surface area contributed by atoms with E-state index in [9.17, 15) is 4.79 Å². The number of carbonyl (C=O) groups is 1. The molecular formula is C10H9NO2. The van der Waals surface area contributed by atoms with Gasteiger partial charge in [0.2, 0.25) is 0 Å². The highest BCUT2D eigenvalue weighted by Crippen LogP contribution is 2.09. The molecule has 0 heterocycles. The van der Waals surface area contributed by atoms with E-state index < -0.39 is 0 Å². The molecular weight excluding hydrogens is 166 g/mol. The monoisotopic (exact) mass is 175 g/mol. The first-order chi connectivity index (χ1) is 6.30. The van der Waals surface area contributed by atoms with Crippen LogP contribution in [0.2, 0.25) is 0 Å². The van der Waals surface area contributed by atoms with Gasteiger partial charge in [0.05, 0.1) is 18.2 Å². The van der Waals surface area contributed by atoms with E-state index in [4.69, 9.17) is 10.00 Å². The standard InChI is InChI=1S/C10H9NO2/c1-13-7-10-3-8(5-11)2-9(4-10)6-12/h2-4,6H,7H2,1H3. The molecule has 0 bridgehead atoms. The van der Waals surface area contributed by atoms with Gasteiger partial charge in [0, 0.05) is 12.7 Å². The molecule has 0 amide bonds. The molecule has 0 fully saturated rings. The second kappa shape index (κ2) is 4.39. The Balaban J connectivity index is 3.08. The zero-order valence-electron chi connectivity index (χ0n) is 7.28. The van der Waals surface area contributed by atoms with Gasteiger partial charge < -0.3 is 4.74 Å². The van der Waals surface area contributed by atoms with E-state index in [2.05, 4.69) is 0 Å². The minimum absolute atomic E-state index is 0.413. The van der Waals surface area contributed by atoms with Gasteiger partial charge in [0.25, 0.3) is 0 Å². The maximum Gasteiger partial charge on any atom is 0.150 e. The quantitative estimate of drug-likeness (QED) is 0.654. The molecule has 1 rings (SSSR count). The Morgan fingerprint density at radius 1 is 1.54 bits per heavy atom. The van der Waals surface area contributed by atoms with Crippen LogP contribution in [0.15, 0.2) is 18.2 Å². The molecule has 0 N–H and O–H groups in total. The lowest BCUT2D eigenvalue weighted by atomic mass is 10.1. The van der Waals surface area contributed by atoms with E-state index in [1.807, 2.05) is 6.07 Å². The van der Waals surface area contributed by atoms with Crippen molar-refractivity contribution in [3.8, 4) is 6.07 Å². The molecule has 0 unspecified atom stereocenters. The summed E-state index contributed by atoms with van der Waals surface area (Å²) < 4.78 is 4.90. The molecule has 0 spiro atoms.